The minimum Gasteiger partial charge on any atom is -0.478 e. The fourth-order valence-corrected chi connectivity index (χ4v) is 2.45. The van der Waals surface area contributed by atoms with Crippen molar-refractivity contribution in [3.8, 4) is 11.5 Å². The van der Waals surface area contributed by atoms with E-state index in [2.05, 4.69) is 15.9 Å². The second-order valence-corrected chi connectivity index (χ2v) is 5.79. The van der Waals surface area contributed by atoms with E-state index in [1.807, 2.05) is 0 Å². The van der Waals surface area contributed by atoms with E-state index in [0.717, 1.165) is 10.5 Å². The summed E-state index contributed by atoms with van der Waals surface area (Å²) in [4.78, 5) is 10.6. The molecular formula is C15H9BrCl2O3. The van der Waals surface area contributed by atoms with Crippen LogP contribution in [0, 0.1) is 0 Å². The molecule has 6 heteroatoms. The first-order chi connectivity index (χ1) is 9.95. The number of carbonyl (C=O) groups is 1. The van der Waals surface area contributed by atoms with Crippen molar-refractivity contribution in [1.82, 2.24) is 0 Å². The van der Waals surface area contributed by atoms with Gasteiger partial charge in [-0.2, -0.15) is 0 Å². The van der Waals surface area contributed by atoms with Crippen molar-refractivity contribution >= 4 is 51.2 Å². The highest BCUT2D eigenvalue weighted by Gasteiger charge is 2.08. The summed E-state index contributed by atoms with van der Waals surface area (Å²) >= 11 is 15.4. The van der Waals surface area contributed by atoms with Crippen LogP contribution in [0.2, 0.25) is 10.0 Å². The third-order valence-electron chi connectivity index (χ3n) is 2.49. The number of halogens is 3. The molecule has 0 heterocycles. The van der Waals surface area contributed by atoms with Crippen LogP contribution >= 0.6 is 39.1 Å². The van der Waals surface area contributed by atoms with Crippen molar-refractivity contribution < 1.29 is 14.6 Å². The zero-order chi connectivity index (χ0) is 15.4. The summed E-state index contributed by atoms with van der Waals surface area (Å²) in [5, 5.41) is 9.61. The lowest BCUT2D eigenvalue weighted by atomic mass is 10.2. The molecule has 0 spiro atoms. The lowest BCUT2D eigenvalue weighted by Gasteiger charge is -2.11. The number of aliphatic carboxylic acids is 1. The molecule has 0 saturated heterocycles. The summed E-state index contributed by atoms with van der Waals surface area (Å²) in [6.07, 6.45) is 2.46. The van der Waals surface area contributed by atoms with E-state index in [4.69, 9.17) is 33.0 Å². The van der Waals surface area contributed by atoms with Gasteiger partial charge in [0.1, 0.15) is 11.5 Å². The van der Waals surface area contributed by atoms with E-state index in [9.17, 15) is 4.79 Å². The van der Waals surface area contributed by atoms with Gasteiger partial charge in [-0.05, 0) is 36.4 Å². The van der Waals surface area contributed by atoms with Gasteiger partial charge in [-0.1, -0.05) is 39.1 Å². The number of ether oxygens (including phenoxy) is 1. The Morgan fingerprint density at radius 2 is 1.90 bits per heavy atom. The van der Waals surface area contributed by atoms with Gasteiger partial charge in [0.25, 0.3) is 0 Å². The molecule has 21 heavy (non-hydrogen) atoms. The van der Waals surface area contributed by atoms with E-state index in [0.29, 0.717) is 27.1 Å². The quantitative estimate of drug-likeness (QED) is 0.690. The molecule has 0 aliphatic rings. The predicted octanol–water partition coefficient (Wildman–Crippen LogP) is 5.65. The van der Waals surface area contributed by atoms with Crippen LogP contribution in [0.25, 0.3) is 6.08 Å². The summed E-state index contributed by atoms with van der Waals surface area (Å²) < 4.78 is 6.56. The number of rotatable bonds is 4. The molecule has 0 unspecified atom stereocenters. The molecule has 0 aliphatic carbocycles. The molecule has 1 N–H and O–H groups in total. The standard InChI is InChI=1S/C15H9BrCl2O3/c16-10-3-5-13(12(18)7-10)21-14-8-11(17)4-1-9(14)2-6-15(19)20/h1-8H,(H,19,20)/b6-2+. The molecular weight excluding hydrogens is 379 g/mol. The van der Waals surface area contributed by atoms with Crippen molar-refractivity contribution in [2.45, 2.75) is 0 Å². The van der Waals surface area contributed by atoms with Crippen LogP contribution in [-0.2, 0) is 4.79 Å². The lowest BCUT2D eigenvalue weighted by Crippen LogP contribution is -1.90. The van der Waals surface area contributed by atoms with Gasteiger partial charge in [0, 0.05) is 27.2 Å². The number of hydrogen-bond donors (Lipinski definition) is 1. The van der Waals surface area contributed by atoms with Crippen LogP contribution in [0.15, 0.2) is 46.9 Å². The number of hydrogen-bond acceptors (Lipinski definition) is 2. The second kappa shape index (κ2) is 6.98. The Hall–Kier alpha value is -1.49. The van der Waals surface area contributed by atoms with E-state index in [-0.39, 0.29) is 0 Å². The first kappa shape index (κ1) is 15.9. The highest BCUT2D eigenvalue weighted by molar-refractivity contribution is 9.10. The predicted molar refractivity (Wildman–Crippen MR) is 87.3 cm³/mol. The lowest BCUT2D eigenvalue weighted by molar-refractivity contribution is -0.131. The molecule has 0 aliphatic heterocycles. The monoisotopic (exact) mass is 386 g/mol. The molecule has 0 saturated carbocycles. The SMILES string of the molecule is O=C(O)/C=C/c1ccc(Cl)cc1Oc1ccc(Br)cc1Cl. The zero-order valence-electron chi connectivity index (χ0n) is 10.5. The van der Waals surface area contributed by atoms with Crippen LogP contribution in [0.4, 0.5) is 0 Å². The fraction of sp³-hybridized carbons (Fsp3) is 0. The highest BCUT2D eigenvalue weighted by atomic mass is 79.9. The Morgan fingerprint density at radius 1 is 1.14 bits per heavy atom. The van der Waals surface area contributed by atoms with Crippen molar-refractivity contribution in [3.05, 3.63) is 62.6 Å². The van der Waals surface area contributed by atoms with Gasteiger partial charge >= 0.3 is 5.97 Å². The maximum Gasteiger partial charge on any atom is 0.328 e. The Morgan fingerprint density at radius 3 is 2.57 bits per heavy atom. The summed E-state index contributed by atoms with van der Waals surface area (Å²) in [5.41, 5.74) is 0.584. The molecule has 0 atom stereocenters. The van der Waals surface area contributed by atoms with Crippen molar-refractivity contribution in [3.63, 3.8) is 0 Å². The molecule has 2 aromatic rings. The molecule has 2 aromatic carbocycles. The normalized spacial score (nSPS) is 10.8. The van der Waals surface area contributed by atoms with Gasteiger partial charge < -0.3 is 9.84 Å². The van der Waals surface area contributed by atoms with Crippen LogP contribution in [0.1, 0.15) is 5.56 Å². The third-order valence-corrected chi connectivity index (χ3v) is 3.52. The van der Waals surface area contributed by atoms with Crippen LogP contribution in [0.5, 0.6) is 11.5 Å². The van der Waals surface area contributed by atoms with E-state index in [1.165, 1.54) is 6.08 Å². The van der Waals surface area contributed by atoms with Crippen LogP contribution in [0.3, 0.4) is 0 Å². The summed E-state index contributed by atoms with van der Waals surface area (Å²) in [5.74, 6) is -0.172. The van der Waals surface area contributed by atoms with Gasteiger partial charge in [-0.15, -0.1) is 0 Å². The maximum absolute atomic E-state index is 10.6. The summed E-state index contributed by atoms with van der Waals surface area (Å²) in [6, 6.07) is 10.1. The van der Waals surface area contributed by atoms with Crippen molar-refractivity contribution in [1.29, 1.82) is 0 Å². The number of carboxylic acids is 1. The van der Waals surface area contributed by atoms with Gasteiger partial charge in [0.2, 0.25) is 0 Å². The molecule has 0 amide bonds. The van der Waals surface area contributed by atoms with Gasteiger partial charge in [-0.3, -0.25) is 0 Å². The van der Waals surface area contributed by atoms with Crippen molar-refractivity contribution in [2.24, 2.45) is 0 Å². The third kappa shape index (κ3) is 4.49. The molecule has 2 rings (SSSR count). The molecule has 0 aromatic heterocycles. The Balaban J connectivity index is 2.38. The summed E-state index contributed by atoms with van der Waals surface area (Å²) in [7, 11) is 0. The Bertz CT molecular complexity index is 714. The Labute approximate surface area is 139 Å². The first-order valence-corrected chi connectivity index (χ1v) is 7.34. The topological polar surface area (TPSA) is 46.5 Å². The largest absolute Gasteiger partial charge is 0.478 e. The highest BCUT2D eigenvalue weighted by Crippen LogP contribution is 2.34. The average Bonchev–Trinajstić information content (AvgIpc) is 2.41. The van der Waals surface area contributed by atoms with Crippen molar-refractivity contribution in [2.75, 3.05) is 0 Å². The Kier molecular flexibility index (Phi) is 5.28. The molecule has 0 radical (unpaired) electrons. The van der Waals surface area contributed by atoms with E-state index in [1.54, 1.807) is 36.4 Å². The molecule has 0 bridgehead atoms. The van der Waals surface area contributed by atoms with E-state index < -0.39 is 5.97 Å². The average molecular weight is 388 g/mol. The molecule has 0 fully saturated rings. The van der Waals surface area contributed by atoms with Crippen LogP contribution in [-0.4, -0.2) is 11.1 Å². The second-order valence-electron chi connectivity index (χ2n) is 4.03. The molecule has 108 valence electrons. The first-order valence-electron chi connectivity index (χ1n) is 5.79. The maximum atomic E-state index is 10.6. The molecule has 3 nitrogen and oxygen atoms in total. The fourth-order valence-electron chi connectivity index (χ4n) is 1.57. The smallest absolute Gasteiger partial charge is 0.328 e. The summed E-state index contributed by atoms with van der Waals surface area (Å²) in [6.45, 7) is 0. The number of carboxylic acid groups (broad SMARTS) is 1. The minimum atomic E-state index is -1.04. The van der Waals surface area contributed by atoms with E-state index >= 15 is 0 Å². The van der Waals surface area contributed by atoms with Gasteiger partial charge in [0.15, 0.2) is 0 Å². The van der Waals surface area contributed by atoms with Gasteiger partial charge in [-0.25, -0.2) is 4.79 Å². The van der Waals surface area contributed by atoms with Gasteiger partial charge in [0.05, 0.1) is 5.02 Å². The number of benzene rings is 2. The zero-order valence-corrected chi connectivity index (χ0v) is 13.6. The van der Waals surface area contributed by atoms with Crippen LogP contribution < -0.4 is 4.74 Å². The minimum absolute atomic E-state index is 0.421.